The molecular formula is C40H77N2+. The third-order valence-corrected chi connectivity index (χ3v) is 9.32. The molecular weight excluding hydrogens is 508 g/mol. The number of unbranched alkanes of at least 4 members (excludes halogenated alkanes) is 24. The summed E-state index contributed by atoms with van der Waals surface area (Å²) in [5.41, 5.74) is 0. The summed E-state index contributed by atoms with van der Waals surface area (Å²) in [4.78, 5) is 0. The summed E-state index contributed by atoms with van der Waals surface area (Å²) in [5.74, 6) is 1.55. The van der Waals surface area contributed by atoms with Crippen molar-refractivity contribution in [2.75, 3.05) is 13.1 Å². The molecule has 1 rings (SSSR count). The van der Waals surface area contributed by atoms with Crippen molar-refractivity contribution in [2.45, 2.75) is 213 Å². The number of hydrogen-bond donors (Lipinski definition) is 1. The first kappa shape index (κ1) is 39.0. The minimum absolute atomic E-state index is 0.678. The van der Waals surface area contributed by atoms with Crippen LogP contribution in [0, 0.1) is 0 Å². The molecule has 0 saturated heterocycles. The largest absolute Gasteiger partial charge is 0.274 e. The Balaban J connectivity index is 1.94. The van der Waals surface area contributed by atoms with Crippen molar-refractivity contribution in [1.82, 2.24) is 5.32 Å². The van der Waals surface area contributed by atoms with Crippen molar-refractivity contribution in [3.8, 4) is 0 Å². The molecule has 0 radical (unpaired) electrons. The topological polar surface area (TPSA) is 15.0 Å². The third-order valence-electron chi connectivity index (χ3n) is 9.32. The van der Waals surface area contributed by atoms with Gasteiger partial charge in [0.1, 0.15) is 12.6 Å². The maximum absolute atomic E-state index is 3.74. The summed E-state index contributed by atoms with van der Waals surface area (Å²) in [6.45, 7) is 9.41. The van der Waals surface area contributed by atoms with Crippen molar-refractivity contribution < 1.29 is 4.58 Å². The second-order valence-corrected chi connectivity index (χ2v) is 13.5. The van der Waals surface area contributed by atoms with Gasteiger partial charge in [0.25, 0.3) is 0 Å². The predicted molar refractivity (Wildman–Crippen MR) is 191 cm³/mol. The average Bonchev–Trinajstić information content (AvgIpc) is 3.35. The van der Waals surface area contributed by atoms with Gasteiger partial charge in [-0.2, -0.15) is 0 Å². The maximum Gasteiger partial charge on any atom is 0.245 e. The molecule has 1 atom stereocenters. The molecule has 1 aliphatic heterocycles. The van der Waals surface area contributed by atoms with Crippen LogP contribution in [0.3, 0.4) is 0 Å². The normalized spacial score (nSPS) is 15.5. The van der Waals surface area contributed by atoms with E-state index in [4.69, 9.17) is 0 Å². The Morgan fingerprint density at radius 3 is 1.29 bits per heavy atom. The lowest BCUT2D eigenvalue weighted by molar-refractivity contribution is -0.553. The molecule has 1 N–H and O–H groups in total. The summed E-state index contributed by atoms with van der Waals surface area (Å²) in [6, 6.07) is 0.678. The second-order valence-electron chi connectivity index (χ2n) is 13.5. The Morgan fingerprint density at radius 2 is 0.857 bits per heavy atom. The van der Waals surface area contributed by atoms with E-state index in [9.17, 15) is 0 Å². The summed E-state index contributed by atoms with van der Waals surface area (Å²) in [6.07, 6.45) is 49.9. The van der Waals surface area contributed by atoms with Crippen LogP contribution in [0.4, 0.5) is 0 Å². The standard InChI is InChI=1S/C40H76N2/c1-4-6-8-10-12-14-16-18-20-22-24-26-28-30-32-34-36-40-41-38-39(3)42(40)37-35-33-31-29-27-25-23-21-19-17-15-13-11-9-7-5-2/h18-21,39H,4-17,22-38H2,1-3H3/p+1/b20-18-,21-19-. The molecule has 0 bridgehead atoms. The third kappa shape index (κ3) is 24.4. The molecule has 0 saturated carbocycles. The summed E-state index contributed by atoms with van der Waals surface area (Å²) in [7, 11) is 0. The van der Waals surface area contributed by atoms with E-state index in [-0.39, 0.29) is 0 Å². The molecule has 0 aromatic heterocycles. The Morgan fingerprint density at radius 1 is 0.500 bits per heavy atom. The lowest BCUT2D eigenvalue weighted by atomic mass is 10.1. The van der Waals surface area contributed by atoms with E-state index in [0.717, 1.165) is 6.54 Å². The van der Waals surface area contributed by atoms with E-state index in [0.29, 0.717) is 6.04 Å². The second kappa shape index (κ2) is 31.4. The van der Waals surface area contributed by atoms with Crippen molar-refractivity contribution in [2.24, 2.45) is 0 Å². The summed E-state index contributed by atoms with van der Waals surface area (Å²) >= 11 is 0. The van der Waals surface area contributed by atoms with E-state index < -0.39 is 0 Å². The van der Waals surface area contributed by atoms with Gasteiger partial charge in [0.2, 0.25) is 5.84 Å². The van der Waals surface area contributed by atoms with Crippen LogP contribution in [0.15, 0.2) is 24.3 Å². The van der Waals surface area contributed by atoms with Crippen LogP contribution in [-0.2, 0) is 0 Å². The summed E-state index contributed by atoms with van der Waals surface area (Å²) in [5, 5.41) is 3.74. The highest BCUT2D eigenvalue weighted by Crippen LogP contribution is 2.14. The number of nitrogens with one attached hydrogen (secondary N) is 1. The average molecular weight is 586 g/mol. The Hall–Kier alpha value is -1.05. The van der Waals surface area contributed by atoms with Crippen molar-refractivity contribution in [3.05, 3.63) is 24.3 Å². The molecule has 246 valence electrons. The fourth-order valence-electron chi connectivity index (χ4n) is 6.40. The SMILES string of the molecule is CCCCCCCC/C=C\CCCCCCCCC1=[N+](CCCCCCCC/C=C\CCCCCCCC)C(C)CN1. The first-order valence-electron chi connectivity index (χ1n) is 19.5. The van der Waals surface area contributed by atoms with Crippen LogP contribution < -0.4 is 5.32 Å². The number of nitrogens with zero attached hydrogens (tertiary/aromatic N) is 1. The van der Waals surface area contributed by atoms with E-state index in [2.05, 4.69) is 55.0 Å². The molecule has 2 nitrogen and oxygen atoms in total. The van der Waals surface area contributed by atoms with Crippen molar-refractivity contribution in [3.63, 3.8) is 0 Å². The van der Waals surface area contributed by atoms with E-state index in [1.54, 1.807) is 5.84 Å². The van der Waals surface area contributed by atoms with Gasteiger partial charge in [-0.05, 0) is 77.6 Å². The van der Waals surface area contributed by atoms with Gasteiger partial charge in [0, 0.05) is 6.42 Å². The minimum Gasteiger partial charge on any atom is -0.274 e. The molecule has 42 heavy (non-hydrogen) atoms. The molecule has 1 unspecified atom stereocenters. The van der Waals surface area contributed by atoms with E-state index >= 15 is 0 Å². The van der Waals surface area contributed by atoms with Gasteiger partial charge < -0.3 is 0 Å². The zero-order valence-corrected chi connectivity index (χ0v) is 29.3. The quantitative estimate of drug-likeness (QED) is 0.0471. The first-order valence-corrected chi connectivity index (χ1v) is 19.5. The number of amidine groups is 1. The van der Waals surface area contributed by atoms with E-state index in [1.807, 2.05) is 0 Å². The summed E-state index contributed by atoms with van der Waals surface area (Å²) < 4.78 is 2.70. The van der Waals surface area contributed by atoms with E-state index in [1.165, 1.54) is 193 Å². The van der Waals surface area contributed by atoms with Crippen LogP contribution >= 0.6 is 0 Å². The monoisotopic (exact) mass is 586 g/mol. The lowest BCUT2D eigenvalue weighted by Crippen LogP contribution is -2.25. The van der Waals surface area contributed by atoms with Crippen LogP contribution in [-0.4, -0.2) is 29.5 Å². The van der Waals surface area contributed by atoms with Gasteiger partial charge >= 0.3 is 0 Å². The number of rotatable bonds is 32. The fourth-order valence-corrected chi connectivity index (χ4v) is 6.40. The predicted octanol–water partition coefficient (Wildman–Crippen LogP) is 12.9. The molecule has 0 fully saturated rings. The Kier molecular flexibility index (Phi) is 29.1. The Bertz CT molecular complexity index is 646. The van der Waals surface area contributed by atoms with Crippen molar-refractivity contribution >= 4 is 5.84 Å². The lowest BCUT2D eigenvalue weighted by Gasteiger charge is -2.09. The highest BCUT2D eigenvalue weighted by Gasteiger charge is 2.26. The number of hydrogen-bond acceptors (Lipinski definition) is 1. The van der Waals surface area contributed by atoms with Gasteiger partial charge in [0.15, 0.2) is 0 Å². The highest BCUT2D eigenvalue weighted by molar-refractivity contribution is 5.78. The minimum atomic E-state index is 0.678. The first-order chi connectivity index (χ1) is 20.8. The zero-order chi connectivity index (χ0) is 30.2. The molecule has 2 heteroatoms. The molecule has 0 aliphatic carbocycles. The maximum atomic E-state index is 3.74. The molecule has 0 amide bonds. The van der Waals surface area contributed by atoms with Gasteiger partial charge in [-0.25, -0.2) is 0 Å². The van der Waals surface area contributed by atoms with Gasteiger partial charge in [-0.3, -0.25) is 9.89 Å². The van der Waals surface area contributed by atoms with Crippen LogP contribution in [0.25, 0.3) is 0 Å². The molecule has 1 heterocycles. The molecule has 0 aromatic carbocycles. The zero-order valence-electron chi connectivity index (χ0n) is 29.3. The molecule has 0 aromatic rings. The molecule has 0 spiro atoms. The Labute approximate surface area is 265 Å². The highest BCUT2D eigenvalue weighted by atomic mass is 15.2. The fraction of sp³-hybridized carbons (Fsp3) is 0.875. The van der Waals surface area contributed by atoms with Crippen molar-refractivity contribution in [1.29, 1.82) is 0 Å². The van der Waals surface area contributed by atoms with Crippen LogP contribution in [0.2, 0.25) is 0 Å². The number of allylic oxidation sites excluding steroid dienone is 4. The van der Waals surface area contributed by atoms with Gasteiger partial charge in [-0.1, -0.05) is 147 Å². The molecule has 1 aliphatic rings. The van der Waals surface area contributed by atoms with Gasteiger partial charge in [-0.15, -0.1) is 0 Å². The van der Waals surface area contributed by atoms with Gasteiger partial charge in [0.05, 0.1) is 6.54 Å². The van der Waals surface area contributed by atoms with Crippen LogP contribution in [0.1, 0.15) is 207 Å². The smallest absolute Gasteiger partial charge is 0.245 e. The van der Waals surface area contributed by atoms with Crippen LogP contribution in [0.5, 0.6) is 0 Å².